The molecule has 0 bridgehead atoms. The van der Waals surface area contributed by atoms with Crippen LogP contribution in [-0.4, -0.2) is 28.1 Å². The third-order valence-corrected chi connectivity index (χ3v) is 3.09. The van der Waals surface area contributed by atoms with Gasteiger partial charge in [0.15, 0.2) is 0 Å². The second kappa shape index (κ2) is 5.37. The zero-order chi connectivity index (χ0) is 13.0. The number of hydrogen-bond acceptors (Lipinski definition) is 3. The lowest BCUT2D eigenvalue weighted by Gasteiger charge is -2.28. The first-order chi connectivity index (χ1) is 8.55. The number of nitrogens with one attached hydrogen (secondary N) is 1. The van der Waals surface area contributed by atoms with E-state index < -0.39 is 5.92 Å². The lowest BCUT2D eigenvalue weighted by molar-refractivity contribution is -0.122. The monoisotopic (exact) mass is 255 g/mol. The third-order valence-electron chi connectivity index (χ3n) is 3.09. The molecule has 0 aromatic carbocycles. The molecule has 1 aliphatic carbocycles. The molecule has 1 amide bonds. The van der Waals surface area contributed by atoms with E-state index in [2.05, 4.69) is 15.5 Å². The molecule has 0 aliphatic heterocycles. The summed E-state index contributed by atoms with van der Waals surface area (Å²) in [6.07, 6.45) is 3.64. The highest BCUT2D eigenvalue weighted by atomic mass is 19.3. The minimum Gasteiger partial charge on any atom is -0.353 e. The largest absolute Gasteiger partial charge is 0.353 e. The zero-order valence-electron chi connectivity index (χ0n) is 9.90. The highest BCUT2D eigenvalue weighted by Gasteiger charge is 2.35. The van der Waals surface area contributed by atoms with Crippen LogP contribution in [0.3, 0.4) is 0 Å². The Labute approximate surface area is 104 Å². The summed E-state index contributed by atoms with van der Waals surface area (Å²) in [6, 6.07) is 1.58. The molecule has 1 N–H and O–H groups in total. The van der Waals surface area contributed by atoms with Crippen molar-refractivity contribution in [2.24, 2.45) is 0 Å². The normalized spacial score (nSPS) is 19.4. The smallest absolute Gasteiger partial charge is 0.248 e. The van der Waals surface area contributed by atoms with E-state index in [9.17, 15) is 13.6 Å². The van der Waals surface area contributed by atoms with E-state index in [4.69, 9.17) is 0 Å². The minimum absolute atomic E-state index is 0.132. The summed E-state index contributed by atoms with van der Waals surface area (Å²) >= 11 is 0. The molecule has 1 saturated carbocycles. The van der Waals surface area contributed by atoms with E-state index in [1.54, 1.807) is 6.07 Å². The number of carbonyl (C=O) groups is 1. The van der Waals surface area contributed by atoms with Gasteiger partial charge in [-0.05, 0) is 24.5 Å². The Kier molecular flexibility index (Phi) is 3.84. The number of nitrogens with zero attached hydrogens (tertiary/aromatic N) is 2. The van der Waals surface area contributed by atoms with E-state index in [1.807, 2.05) is 0 Å². The fourth-order valence-electron chi connectivity index (χ4n) is 2.07. The van der Waals surface area contributed by atoms with Gasteiger partial charge in [-0.3, -0.25) is 4.79 Å². The maximum absolute atomic E-state index is 12.9. The first-order valence-electron chi connectivity index (χ1n) is 5.98. The highest BCUT2D eigenvalue weighted by Crippen LogP contribution is 2.32. The number of alkyl halides is 2. The first-order valence-corrected chi connectivity index (χ1v) is 5.98. The Bertz CT molecular complexity index is 401. The van der Waals surface area contributed by atoms with Crippen LogP contribution in [0.5, 0.6) is 0 Å². The number of amides is 1. The number of halogens is 2. The van der Waals surface area contributed by atoms with Gasteiger partial charge in [-0.25, -0.2) is 8.78 Å². The predicted molar refractivity (Wildman–Crippen MR) is 61.1 cm³/mol. The van der Waals surface area contributed by atoms with Gasteiger partial charge in [-0.1, -0.05) is 0 Å². The molecule has 4 nitrogen and oxygen atoms in total. The van der Waals surface area contributed by atoms with Crippen LogP contribution in [0, 0.1) is 0 Å². The van der Waals surface area contributed by atoms with Gasteiger partial charge < -0.3 is 5.32 Å². The van der Waals surface area contributed by atoms with Crippen LogP contribution in [-0.2, 0) is 11.2 Å². The summed E-state index contributed by atoms with van der Waals surface area (Å²) in [6.45, 7) is 0. The molecule has 0 saturated heterocycles. The van der Waals surface area contributed by atoms with Gasteiger partial charge >= 0.3 is 0 Å². The molecule has 1 heterocycles. The van der Waals surface area contributed by atoms with Gasteiger partial charge in [-0.2, -0.15) is 10.2 Å². The van der Waals surface area contributed by atoms with Crippen LogP contribution < -0.4 is 5.32 Å². The molecule has 0 unspecified atom stereocenters. The summed E-state index contributed by atoms with van der Waals surface area (Å²) < 4.78 is 25.9. The second-order valence-corrected chi connectivity index (χ2v) is 4.63. The lowest BCUT2D eigenvalue weighted by atomic mass is 9.92. The third kappa shape index (κ3) is 3.72. The van der Waals surface area contributed by atoms with Crippen LogP contribution in [0.4, 0.5) is 8.78 Å². The van der Waals surface area contributed by atoms with E-state index in [-0.39, 0.29) is 31.2 Å². The fraction of sp³-hybridized carbons (Fsp3) is 0.583. The average molecular weight is 255 g/mol. The highest BCUT2D eigenvalue weighted by molar-refractivity contribution is 5.78. The molecule has 2 rings (SSSR count). The van der Waals surface area contributed by atoms with Crippen LogP contribution in [0.2, 0.25) is 0 Å². The number of rotatable bonds is 3. The Balaban J connectivity index is 1.79. The quantitative estimate of drug-likeness (QED) is 0.894. The Morgan fingerprint density at radius 3 is 2.72 bits per heavy atom. The summed E-state index contributed by atoms with van der Waals surface area (Å²) in [5.74, 6) is -2.71. The fourth-order valence-corrected chi connectivity index (χ4v) is 2.07. The molecule has 0 radical (unpaired) electrons. The van der Waals surface area contributed by atoms with Crippen molar-refractivity contribution in [3.63, 3.8) is 0 Å². The van der Waals surface area contributed by atoms with E-state index in [0.29, 0.717) is 12.8 Å². The van der Waals surface area contributed by atoms with Gasteiger partial charge in [-0.15, -0.1) is 0 Å². The molecule has 0 spiro atoms. The standard InChI is InChI=1S/C12H15F2N3O/c13-12(14)4-1-10(2-5-12)17-11(18)7-9-3-6-15-16-8-9/h3,6,8,10H,1-2,4-5,7H2,(H,17,18). The molecule has 18 heavy (non-hydrogen) atoms. The van der Waals surface area contributed by atoms with Crippen molar-refractivity contribution in [2.75, 3.05) is 0 Å². The van der Waals surface area contributed by atoms with Crippen molar-refractivity contribution in [1.29, 1.82) is 0 Å². The molecule has 1 fully saturated rings. The minimum atomic E-state index is -2.56. The number of carbonyl (C=O) groups excluding carboxylic acids is 1. The van der Waals surface area contributed by atoms with Crippen molar-refractivity contribution >= 4 is 5.91 Å². The Morgan fingerprint density at radius 1 is 1.39 bits per heavy atom. The summed E-state index contributed by atoms with van der Waals surface area (Å²) in [4.78, 5) is 11.7. The van der Waals surface area contributed by atoms with Crippen LogP contribution in [0.15, 0.2) is 18.5 Å². The SMILES string of the molecule is O=C(Cc1ccnnc1)NC1CCC(F)(F)CC1. The van der Waals surface area contributed by atoms with Gasteiger partial charge in [0.2, 0.25) is 11.8 Å². The maximum atomic E-state index is 12.9. The van der Waals surface area contributed by atoms with Gasteiger partial charge in [0, 0.05) is 25.1 Å². The maximum Gasteiger partial charge on any atom is 0.248 e. The molecular formula is C12H15F2N3O. The molecule has 6 heteroatoms. The van der Waals surface area contributed by atoms with Gasteiger partial charge in [0.25, 0.3) is 0 Å². The average Bonchev–Trinajstić information content (AvgIpc) is 2.33. The molecular weight excluding hydrogens is 240 g/mol. The topological polar surface area (TPSA) is 54.9 Å². The van der Waals surface area contributed by atoms with E-state index in [1.165, 1.54) is 12.4 Å². The Morgan fingerprint density at radius 2 is 2.11 bits per heavy atom. The summed E-state index contributed by atoms with van der Waals surface area (Å²) in [5, 5.41) is 10.1. The molecule has 1 aromatic rings. The zero-order valence-corrected chi connectivity index (χ0v) is 9.90. The van der Waals surface area contributed by atoms with Crippen LogP contribution in [0.1, 0.15) is 31.2 Å². The van der Waals surface area contributed by atoms with Crippen molar-refractivity contribution in [3.05, 3.63) is 24.0 Å². The molecule has 1 aliphatic rings. The van der Waals surface area contributed by atoms with Crippen LogP contribution >= 0.6 is 0 Å². The lowest BCUT2D eigenvalue weighted by Crippen LogP contribution is -2.40. The van der Waals surface area contributed by atoms with E-state index in [0.717, 1.165) is 5.56 Å². The second-order valence-electron chi connectivity index (χ2n) is 4.63. The van der Waals surface area contributed by atoms with Crippen molar-refractivity contribution in [2.45, 2.75) is 44.1 Å². The van der Waals surface area contributed by atoms with E-state index >= 15 is 0 Å². The molecule has 1 aromatic heterocycles. The van der Waals surface area contributed by atoms with Crippen molar-refractivity contribution in [3.8, 4) is 0 Å². The van der Waals surface area contributed by atoms with Gasteiger partial charge in [0.05, 0.1) is 12.6 Å². The van der Waals surface area contributed by atoms with Crippen molar-refractivity contribution in [1.82, 2.24) is 15.5 Å². The molecule has 98 valence electrons. The van der Waals surface area contributed by atoms with Crippen molar-refractivity contribution < 1.29 is 13.6 Å². The Hall–Kier alpha value is -1.59. The van der Waals surface area contributed by atoms with Gasteiger partial charge in [0.1, 0.15) is 0 Å². The summed E-state index contributed by atoms with van der Waals surface area (Å²) in [7, 11) is 0. The summed E-state index contributed by atoms with van der Waals surface area (Å²) in [5.41, 5.74) is 0.767. The first kappa shape index (κ1) is 12.9. The number of hydrogen-bond donors (Lipinski definition) is 1. The predicted octanol–water partition coefficient (Wildman–Crippen LogP) is 1.71. The van der Waals surface area contributed by atoms with Crippen LogP contribution in [0.25, 0.3) is 0 Å². The molecule has 0 atom stereocenters. The number of aromatic nitrogens is 2.